The minimum atomic E-state index is -0.994. The van der Waals surface area contributed by atoms with Crippen molar-refractivity contribution >= 4 is 29.2 Å². The summed E-state index contributed by atoms with van der Waals surface area (Å²) in [5.74, 6) is 0.837. The minimum Gasteiger partial charge on any atom is -0.497 e. The molecule has 1 aliphatic heterocycles. The van der Waals surface area contributed by atoms with Crippen LogP contribution < -0.4 is 19.7 Å². The van der Waals surface area contributed by atoms with E-state index in [9.17, 15) is 14.4 Å². The maximum Gasteiger partial charge on any atom is 0.332 e. The highest BCUT2D eigenvalue weighted by atomic mass is 16.5. The molecule has 1 aromatic heterocycles. The van der Waals surface area contributed by atoms with E-state index in [1.807, 2.05) is 6.92 Å². The maximum atomic E-state index is 13.4. The second kappa shape index (κ2) is 10.8. The van der Waals surface area contributed by atoms with Crippen LogP contribution in [-0.2, 0) is 16.1 Å². The molecule has 1 aliphatic rings. The zero-order valence-corrected chi connectivity index (χ0v) is 19.6. The quantitative estimate of drug-likeness (QED) is 0.433. The first-order chi connectivity index (χ1) is 17.0. The van der Waals surface area contributed by atoms with Gasteiger partial charge in [-0.1, -0.05) is 13.0 Å². The molecule has 182 valence electrons. The number of carbonyl (C=O) groups is 3. The van der Waals surface area contributed by atoms with Crippen LogP contribution in [0.5, 0.6) is 11.5 Å². The highest BCUT2D eigenvalue weighted by molar-refractivity contribution is 6.22. The van der Waals surface area contributed by atoms with Crippen LogP contribution in [0.1, 0.15) is 25.5 Å². The van der Waals surface area contributed by atoms with Crippen molar-refractivity contribution in [3.63, 3.8) is 0 Å². The van der Waals surface area contributed by atoms with Crippen LogP contribution in [0.15, 0.2) is 71.3 Å². The van der Waals surface area contributed by atoms with E-state index in [1.54, 1.807) is 60.7 Å². The average Bonchev–Trinajstić information content (AvgIpc) is 3.46. The zero-order chi connectivity index (χ0) is 24.8. The predicted octanol–water partition coefficient (Wildman–Crippen LogP) is 4.44. The fourth-order valence-corrected chi connectivity index (χ4v) is 3.81. The Labute approximate surface area is 203 Å². The molecule has 35 heavy (non-hydrogen) atoms. The van der Waals surface area contributed by atoms with E-state index >= 15 is 0 Å². The van der Waals surface area contributed by atoms with Gasteiger partial charge in [0, 0.05) is 11.8 Å². The molecule has 1 N–H and O–H groups in total. The first-order valence-electron chi connectivity index (χ1n) is 11.3. The number of furan rings is 1. The number of rotatable bonds is 10. The van der Waals surface area contributed by atoms with Crippen molar-refractivity contribution in [2.75, 3.05) is 23.9 Å². The first kappa shape index (κ1) is 23.9. The van der Waals surface area contributed by atoms with E-state index < -0.39 is 23.9 Å². The molecule has 0 spiro atoms. The predicted molar refractivity (Wildman–Crippen MR) is 129 cm³/mol. The van der Waals surface area contributed by atoms with Gasteiger partial charge in [0.2, 0.25) is 5.91 Å². The summed E-state index contributed by atoms with van der Waals surface area (Å²) in [5.41, 5.74) is 0.937. The Morgan fingerprint density at radius 2 is 1.86 bits per heavy atom. The molecule has 1 atom stereocenters. The van der Waals surface area contributed by atoms with Crippen LogP contribution in [0.2, 0.25) is 0 Å². The second-order valence-corrected chi connectivity index (χ2v) is 8.01. The van der Waals surface area contributed by atoms with Gasteiger partial charge in [-0.3, -0.25) is 9.59 Å². The van der Waals surface area contributed by atoms with Gasteiger partial charge < -0.3 is 24.1 Å². The molecule has 0 radical (unpaired) electrons. The molecular formula is C26H27N3O6. The van der Waals surface area contributed by atoms with Gasteiger partial charge in [-0.05, 0) is 55.0 Å². The summed E-state index contributed by atoms with van der Waals surface area (Å²) in [7, 11) is 1.51. The van der Waals surface area contributed by atoms with Gasteiger partial charge in [0.05, 0.1) is 38.6 Å². The van der Waals surface area contributed by atoms with Crippen molar-refractivity contribution in [1.82, 2.24) is 4.90 Å². The number of anilines is 2. The van der Waals surface area contributed by atoms with Gasteiger partial charge in [0.1, 0.15) is 23.3 Å². The number of nitrogens with zero attached hydrogens (tertiary/aromatic N) is 2. The fraction of sp³-hybridized carbons (Fsp3) is 0.269. The molecule has 0 saturated carbocycles. The molecule has 1 saturated heterocycles. The third kappa shape index (κ3) is 5.46. The number of methoxy groups -OCH3 is 1. The third-order valence-electron chi connectivity index (χ3n) is 5.53. The maximum absolute atomic E-state index is 13.4. The lowest BCUT2D eigenvalue weighted by Gasteiger charge is -2.20. The Morgan fingerprint density at radius 3 is 2.54 bits per heavy atom. The largest absolute Gasteiger partial charge is 0.497 e. The molecule has 1 fully saturated rings. The second-order valence-electron chi connectivity index (χ2n) is 8.01. The standard InChI is InChI=1S/C26H27N3O6/c1-3-13-34-20-11-9-18(10-12-20)27-24(30)16-23-25(31)29(19-6-4-7-21(15-19)33-2)26(32)28(23)17-22-8-5-14-35-22/h4-12,14-15,23H,3,13,16-17H2,1-2H3,(H,27,30)/t23-/m1/s1. The van der Waals surface area contributed by atoms with E-state index in [0.29, 0.717) is 35.2 Å². The van der Waals surface area contributed by atoms with Crippen molar-refractivity contribution in [3.05, 3.63) is 72.7 Å². The summed E-state index contributed by atoms with van der Waals surface area (Å²) in [4.78, 5) is 42.0. The van der Waals surface area contributed by atoms with E-state index in [0.717, 1.165) is 11.3 Å². The number of nitrogens with one attached hydrogen (secondary N) is 1. The van der Waals surface area contributed by atoms with Gasteiger partial charge >= 0.3 is 6.03 Å². The van der Waals surface area contributed by atoms with Gasteiger partial charge in [0.15, 0.2) is 0 Å². The lowest BCUT2D eigenvalue weighted by atomic mass is 10.1. The Kier molecular flexibility index (Phi) is 7.35. The topological polar surface area (TPSA) is 101 Å². The van der Waals surface area contributed by atoms with Crippen LogP contribution in [0.25, 0.3) is 0 Å². The van der Waals surface area contributed by atoms with Gasteiger partial charge in [-0.2, -0.15) is 0 Å². The lowest BCUT2D eigenvalue weighted by Crippen LogP contribution is -2.37. The molecule has 9 heteroatoms. The molecule has 2 aromatic carbocycles. The summed E-state index contributed by atoms with van der Waals surface area (Å²) in [6, 6.07) is 15.5. The average molecular weight is 478 g/mol. The van der Waals surface area contributed by atoms with Crippen molar-refractivity contribution in [1.29, 1.82) is 0 Å². The number of hydrogen-bond acceptors (Lipinski definition) is 6. The SMILES string of the molecule is CCCOc1ccc(NC(=O)C[C@@H]2C(=O)N(c3cccc(OC)c3)C(=O)N2Cc2ccco2)cc1. The number of hydrogen-bond donors (Lipinski definition) is 1. The van der Waals surface area contributed by atoms with Gasteiger partial charge in [-0.15, -0.1) is 0 Å². The van der Waals surface area contributed by atoms with E-state index in [2.05, 4.69) is 5.32 Å². The third-order valence-corrected chi connectivity index (χ3v) is 5.53. The molecule has 0 unspecified atom stereocenters. The molecule has 2 heterocycles. The number of imide groups is 1. The van der Waals surface area contributed by atoms with E-state index in [-0.39, 0.29) is 13.0 Å². The van der Waals surface area contributed by atoms with Crippen molar-refractivity contribution in [2.45, 2.75) is 32.4 Å². The fourth-order valence-electron chi connectivity index (χ4n) is 3.81. The molecular weight excluding hydrogens is 450 g/mol. The summed E-state index contributed by atoms with van der Waals surface area (Å²) < 4.78 is 16.2. The smallest absolute Gasteiger partial charge is 0.332 e. The first-order valence-corrected chi connectivity index (χ1v) is 11.3. The zero-order valence-electron chi connectivity index (χ0n) is 19.6. The van der Waals surface area contributed by atoms with Crippen LogP contribution >= 0.6 is 0 Å². The van der Waals surface area contributed by atoms with Crippen molar-refractivity contribution < 1.29 is 28.3 Å². The number of ether oxygens (including phenoxy) is 2. The van der Waals surface area contributed by atoms with E-state index in [1.165, 1.54) is 18.3 Å². The summed E-state index contributed by atoms with van der Waals surface area (Å²) in [5, 5.41) is 2.79. The summed E-state index contributed by atoms with van der Waals surface area (Å²) in [6.07, 6.45) is 2.18. The van der Waals surface area contributed by atoms with Crippen LogP contribution in [-0.4, -0.2) is 42.5 Å². The number of carbonyl (C=O) groups excluding carboxylic acids is 3. The molecule has 4 amide bonds. The lowest BCUT2D eigenvalue weighted by molar-refractivity contribution is -0.124. The van der Waals surface area contributed by atoms with Crippen molar-refractivity contribution in [3.8, 4) is 11.5 Å². The normalized spacial score (nSPS) is 15.4. The number of benzene rings is 2. The van der Waals surface area contributed by atoms with Crippen LogP contribution in [0.3, 0.4) is 0 Å². The number of amides is 4. The highest BCUT2D eigenvalue weighted by Crippen LogP contribution is 2.30. The Bertz CT molecular complexity index is 1180. The molecule has 0 bridgehead atoms. The highest BCUT2D eigenvalue weighted by Gasteiger charge is 2.47. The summed E-state index contributed by atoms with van der Waals surface area (Å²) >= 11 is 0. The van der Waals surface area contributed by atoms with E-state index in [4.69, 9.17) is 13.9 Å². The monoisotopic (exact) mass is 477 g/mol. The number of urea groups is 1. The van der Waals surface area contributed by atoms with Gasteiger partial charge in [-0.25, -0.2) is 9.69 Å². The minimum absolute atomic E-state index is 0.0550. The Morgan fingerprint density at radius 1 is 1.06 bits per heavy atom. The van der Waals surface area contributed by atoms with Crippen LogP contribution in [0, 0.1) is 0 Å². The summed E-state index contributed by atoms with van der Waals surface area (Å²) in [6.45, 7) is 2.69. The Balaban J connectivity index is 1.52. The molecule has 9 nitrogen and oxygen atoms in total. The molecule has 3 aromatic rings. The van der Waals surface area contributed by atoms with Crippen LogP contribution in [0.4, 0.5) is 16.2 Å². The van der Waals surface area contributed by atoms with Crippen molar-refractivity contribution in [2.24, 2.45) is 0 Å². The van der Waals surface area contributed by atoms with Gasteiger partial charge in [0.25, 0.3) is 5.91 Å². The Hall–Kier alpha value is -4.27. The molecule has 4 rings (SSSR count). The molecule has 0 aliphatic carbocycles.